The molecule has 180 valence electrons. The number of pyridine rings is 2. The second-order valence-electron chi connectivity index (χ2n) is 10.0. The summed E-state index contributed by atoms with van der Waals surface area (Å²) in [5.74, 6) is -4.87. The van der Waals surface area contributed by atoms with Crippen LogP contribution in [-0.2, 0) is 0 Å². The van der Waals surface area contributed by atoms with Crippen LogP contribution < -0.4 is 11.2 Å². The quantitative estimate of drug-likeness (QED) is 0.577. The molecule has 2 aromatic rings. The number of carbonyl (C=O) groups excluding carboxylic acids is 1. The summed E-state index contributed by atoms with van der Waals surface area (Å²) in [6.07, 6.45) is 8.04. The maximum atomic E-state index is 13.2. The van der Waals surface area contributed by atoms with Crippen LogP contribution in [0.15, 0.2) is 29.3 Å². The average molecular weight is 468 g/mol. The van der Waals surface area contributed by atoms with Crippen LogP contribution in [0.25, 0.3) is 10.9 Å². The van der Waals surface area contributed by atoms with Crippen molar-refractivity contribution in [1.29, 1.82) is 0 Å². The Hall–Kier alpha value is -2.45. The van der Waals surface area contributed by atoms with Gasteiger partial charge < -0.3 is 10.7 Å². The highest BCUT2D eigenvalue weighted by atomic mass is 19.3. The molecule has 0 aliphatic heterocycles. The lowest BCUT2D eigenvalue weighted by Gasteiger charge is -2.53. The SMILES string of the molecule is FC1(F)CCC(C2CCCC3(C2)CC(F)(F)C3)CC1.NC(=O)c1nccc2[nH]ccc(=O)c12. The van der Waals surface area contributed by atoms with Crippen molar-refractivity contribution in [2.45, 2.75) is 76.1 Å². The lowest BCUT2D eigenvalue weighted by atomic mass is 9.54. The Morgan fingerprint density at radius 1 is 1.00 bits per heavy atom. The van der Waals surface area contributed by atoms with Crippen LogP contribution in [0.2, 0.25) is 0 Å². The first kappa shape index (κ1) is 23.7. The van der Waals surface area contributed by atoms with Gasteiger partial charge in [-0.15, -0.1) is 0 Å². The van der Waals surface area contributed by atoms with Crippen LogP contribution in [0, 0.1) is 17.3 Å². The molecule has 2 heterocycles. The normalized spacial score (nSPS) is 25.6. The molecule has 0 bridgehead atoms. The Morgan fingerprint density at radius 2 is 1.70 bits per heavy atom. The standard InChI is InChI=1S/C15H22F4.C9H7N3O2/c16-14(17)6-3-11(4-7-14)12-2-1-5-13(8-12)9-15(18,19)10-13;10-9(14)8-7-5(1-3-12-8)11-4-2-6(7)13/h11-12H,1-10H2;1-4H,(H2,10,14)(H,11,13). The van der Waals surface area contributed by atoms with E-state index < -0.39 is 17.8 Å². The van der Waals surface area contributed by atoms with E-state index in [0.717, 1.165) is 25.7 Å². The zero-order chi connectivity index (χ0) is 23.9. The van der Waals surface area contributed by atoms with Gasteiger partial charge in [-0.25, -0.2) is 17.6 Å². The first-order valence-electron chi connectivity index (χ1n) is 11.5. The fourth-order valence-electron chi connectivity index (χ4n) is 6.11. The van der Waals surface area contributed by atoms with Gasteiger partial charge in [0.25, 0.3) is 5.91 Å². The van der Waals surface area contributed by atoms with Crippen LogP contribution in [0.3, 0.4) is 0 Å². The van der Waals surface area contributed by atoms with Crippen molar-refractivity contribution < 1.29 is 22.4 Å². The Kier molecular flexibility index (Phi) is 6.26. The molecule has 3 N–H and O–H groups in total. The molecule has 3 saturated carbocycles. The molecule has 0 aromatic carbocycles. The molecule has 3 aliphatic rings. The molecule has 1 amide bonds. The van der Waals surface area contributed by atoms with Crippen LogP contribution in [0.1, 0.15) is 74.7 Å². The fourth-order valence-corrected chi connectivity index (χ4v) is 6.11. The van der Waals surface area contributed by atoms with Crippen molar-refractivity contribution in [2.75, 3.05) is 0 Å². The molecule has 0 radical (unpaired) electrons. The molecule has 2 aromatic heterocycles. The second kappa shape index (κ2) is 8.72. The molecule has 3 aliphatic carbocycles. The number of H-pyrrole nitrogens is 1. The van der Waals surface area contributed by atoms with Crippen molar-refractivity contribution in [3.63, 3.8) is 0 Å². The van der Waals surface area contributed by atoms with Crippen LogP contribution in [-0.4, -0.2) is 27.7 Å². The number of alkyl halides is 4. The van der Waals surface area contributed by atoms with Gasteiger partial charge in [-0.2, -0.15) is 0 Å². The summed E-state index contributed by atoms with van der Waals surface area (Å²) in [7, 11) is 0. The molecule has 1 atom stereocenters. The Labute approximate surface area is 189 Å². The molecule has 9 heteroatoms. The van der Waals surface area contributed by atoms with E-state index in [1.54, 1.807) is 6.07 Å². The number of aromatic nitrogens is 2. The van der Waals surface area contributed by atoms with Crippen LogP contribution in [0.5, 0.6) is 0 Å². The first-order chi connectivity index (χ1) is 15.5. The highest BCUT2D eigenvalue weighted by Gasteiger charge is 2.57. The third kappa shape index (κ3) is 5.22. The maximum Gasteiger partial charge on any atom is 0.268 e. The van der Waals surface area contributed by atoms with Crippen LogP contribution in [0.4, 0.5) is 17.6 Å². The van der Waals surface area contributed by atoms with Gasteiger partial charge in [0.05, 0.1) is 10.9 Å². The van der Waals surface area contributed by atoms with Crippen molar-refractivity contribution in [2.24, 2.45) is 23.0 Å². The minimum atomic E-state index is -2.48. The van der Waals surface area contributed by atoms with Gasteiger partial charge in [-0.05, 0) is 49.0 Å². The van der Waals surface area contributed by atoms with Gasteiger partial charge in [0.15, 0.2) is 5.43 Å². The summed E-state index contributed by atoms with van der Waals surface area (Å²) >= 11 is 0. The zero-order valence-electron chi connectivity index (χ0n) is 18.4. The summed E-state index contributed by atoms with van der Waals surface area (Å²) in [5.41, 5.74) is 5.25. The number of nitrogens with two attached hydrogens (primary N) is 1. The Balaban J connectivity index is 0.000000165. The van der Waals surface area contributed by atoms with Crippen molar-refractivity contribution >= 4 is 16.8 Å². The number of nitrogens with zero attached hydrogens (tertiary/aromatic N) is 1. The van der Waals surface area contributed by atoms with Gasteiger partial charge in [0.2, 0.25) is 11.8 Å². The lowest BCUT2D eigenvalue weighted by molar-refractivity contribution is -0.182. The van der Waals surface area contributed by atoms with Gasteiger partial charge in [-0.3, -0.25) is 14.6 Å². The highest BCUT2D eigenvalue weighted by Crippen LogP contribution is 2.61. The van der Waals surface area contributed by atoms with E-state index in [1.807, 2.05) is 0 Å². The predicted octanol–water partition coefficient (Wildman–Crippen LogP) is 5.44. The number of fused-ring (bicyclic) bond motifs is 1. The van der Waals surface area contributed by atoms with E-state index >= 15 is 0 Å². The molecule has 33 heavy (non-hydrogen) atoms. The number of rotatable bonds is 2. The van der Waals surface area contributed by atoms with Crippen molar-refractivity contribution in [1.82, 2.24) is 9.97 Å². The Morgan fingerprint density at radius 3 is 2.33 bits per heavy atom. The van der Waals surface area contributed by atoms with Crippen molar-refractivity contribution in [3.05, 3.63) is 40.4 Å². The topological polar surface area (TPSA) is 88.8 Å². The number of halogens is 4. The minimum absolute atomic E-state index is 0.00265. The average Bonchev–Trinajstić information content (AvgIpc) is 2.72. The Bertz CT molecular complexity index is 1060. The number of carbonyl (C=O) groups is 1. The molecule has 1 spiro atoms. The van der Waals surface area contributed by atoms with E-state index in [0.29, 0.717) is 30.2 Å². The van der Waals surface area contributed by atoms with E-state index in [-0.39, 0.29) is 47.6 Å². The number of primary amides is 1. The molecule has 1 unspecified atom stereocenters. The molecular formula is C24H29F4N3O2. The summed E-state index contributed by atoms with van der Waals surface area (Å²) in [5, 5.41) is 0.238. The molecule has 3 fully saturated rings. The predicted molar refractivity (Wildman–Crippen MR) is 116 cm³/mol. The van der Waals surface area contributed by atoms with Gasteiger partial charge >= 0.3 is 0 Å². The van der Waals surface area contributed by atoms with E-state index in [4.69, 9.17) is 5.73 Å². The highest BCUT2D eigenvalue weighted by molar-refractivity contribution is 6.03. The summed E-state index contributed by atoms with van der Waals surface area (Å²) in [6.45, 7) is 0. The van der Waals surface area contributed by atoms with Crippen molar-refractivity contribution in [3.8, 4) is 0 Å². The summed E-state index contributed by atoms with van der Waals surface area (Å²) in [4.78, 5) is 29.0. The number of nitrogens with one attached hydrogen (secondary N) is 1. The van der Waals surface area contributed by atoms with E-state index in [2.05, 4.69) is 9.97 Å². The van der Waals surface area contributed by atoms with Gasteiger partial charge in [0.1, 0.15) is 5.69 Å². The lowest BCUT2D eigenvalue weighted by Crippen LogP contribution is -2.49. The largest absolute Gasteiger partial charge is 0.364 e. The number of aromatic amines is 1. The van der Waals surface area contributed by atoms with E-state index in [1.165, 1.54) is 18.5 Å². The zero-order valence-corrected chi connectivity index (χ0v) is 18.4. The smallest absolute Gasteiger partial charge is 0.268 e. The number of hydrogen-bond donors (Lipinski definition) is 2. The number of amides is 1. The van der Waals surface area contributed by atoms with E-state index in [9.17, 15) is 27.2 Å². The minimum Gasteiger partial charge on any atom is -0.364 e. The molecule has 5 rings (SSSR count). The number of hydrogen-bond acceptors (Lipinski definition) is 3. The maximum absolute atomic E-state index is 13.2. The fraction of sp³-hybridized carbons (Fsp3) is 0.625. The summed E-state index contributed by atoms with van der Waals surface area (Å²) < 4.78 is 52.6. The van der Waals surface area contributed by atoms with Crippen LogP contribution >= 0.6 is 0 Å². The molecular weight excluding hydrogens is 438 g/mol. The van der Waals surface area contributed by atoms with Gasteiger partial charge in [0, 0.05) is 44.1 Å². The third-order valence-electron chi connectivity index (χ3n) is 7.58. The molecule has 5 nitrogen and oxygen atoms in total. The van der Waals surface area contributed by atoms with Gasteiger partial charge in [-0.1, -0.05) is 12.8 Å². The first-order valence-corrected chi connectivity index (χ1v) is 11.5. The monoisotopic (exact) mass is 467 g/mol. The molecule has 0 saturated heterocycles. The second-order valence-corrected chi connectivity index (χ2v) is 10.0. The summed E-state index contributed by atoms with van der Waals surface area (Å²) in [6, 6.07) is 2.94. The third-order valence-corrected chi connectivity index (χ3v) is 7.58.